The molecule has 0 saturated heterocycles. The minimum Gasteiger partial charge on any atom is -0.453 e. The van der Waals surface area contributed by atoms with E-state index in [9.17, 15) is 13.2 Å². The minimum absolute atomic E-state index is 0.150. The van der Waals surface area contributed by atoms with Crippen molar-refractivity contribution in [3.05, 3.63) is 29.3 Å². The van der Waals surface area contributed by atoms with Crippen molar-refractivity contribution >= 4 is 21.8 Å². The van der Waals surface area contributed by atoms with Crippen LogP contribution >= 0.6 is 0 Å². The van der Waals surface area contributed by atoms with Crippen LogP contribution in [-0.2, 0) is 14.8 Å². The van der Waals surface area contributed by atoms with Gasteiger partial charge in [-0.2, -0.15) is 0 Å². The summed E-state index contributed by atoms with van der Waals surface area (Å²) >= 11 is 0. The summed E-state index contributed by atoms with van der Waals surface area (Å²) in [7, 11) is -2.22. The zero-order chi connectivity index (χ0) is 18.5. The lowest BCUT2D eigenvalue weighted by Gasteiger charge is -2.30. The lowest BCUT2D eigenvalue weighted by molar-refractivity contribution is 0.171. The molecule has 136 valence electrons. The molecule has 0 aliphatic rings. The van der Waals surface area contributed by atoms with Crippen molar-refractivity contribution < 1.29 is 17.9 Å². The summed E-state index contributed by atoms with van der Waals surface area (Å²) in [5.41, 5.74) is 2.67. The van der Waals surface area contributed by atoms with Gasteiger partial charge in [0, 0.05) is 6.54 Å². The highest BCUT2D eigenvalue weighted by atomic mass is 32.2. The van der Waals surface area contributed by atoms with Crippen molar-refractivity contribution in [2.75, 3.05) is 30.8 Å². The van der Waals surface area contributed by atoms with E-state index in [0.717, 1.165) is 16.8 Å². The number of carbonyl (C=O) groups is 1. The van der Waals surface area contributed by atoms with Crippen molar-refractivity contribution in [2.45, 2.75) is 39.5 Å². The predicted molar refractivity (Wildman–Crippen MR) is 97.2 cm³/mol. The third-order valence-electron chi connectivity index (χ3n) is 3.76. The number of benzene rings is 1. The number of rotatable bonds is 7. The maximum absolute atomic E-state index is 12.4. The molecule has 24 heavy (non-hydrogen) atoms. The van der Waals surface area contributed by atoms with Crippen LogP contribution in [0.15, 0.2) is 18.2 Å². The van der Waals surface area contributed by atoms with E-state index in [2.05, 4.69) is 10.1 Å². The van der Waals surface area contributed by atoms with Crippen molar-refractivity contribution in [3.8, 4) is 0 Å². The van der Waals surface area contributed by atoms with Gasteiger partial charge in [-0.3, -0.25) is 4.31 Å². The van der Waals surface area contributed by atoms with Crippen LogP contribution in [0.25, 0.3) is 0 Å². The molecule has 7 heteroatoms. The zero-order valence-corrected chi connectivity index (χ0v) is 16.1. The second kappa shape index (κ2) is 8.37. The molecule has 0 radical (unpaired) electrons. The van der Waals surface area contributed by atoms with Crippen LogP contribution in [0.5, 0.6) is 0 Å². The number of hydrogen-bond donors (Lipinski definition) is 1. The van der Waals surface area contributed by atoms with E-state index in [0.29, 0.717) is 0 Å². The van der Waals surface area contributed by atoms with Gasteiger partial charge in [0.1, 0.15) is 0 Å². The van der Waals surface area contributed by atoms with Gasteiger partial charge in [0.05, 0.1) is 25.6 Å². The van der Waals surface area contributed by atoms with Crippen LogP contribution in [0.1, 0.15) is 50.7 Å². The Labute approximate surface area is 145 Å². The number of nitrogens with zero attached hydrogens (tertiary/aromatic N) is 1. The summed E-state index contributed by atoms with van der Waals surface area (Å²) < 4.78 is 30.7. The van der Waals surface area contributed by atoms with Gasteiger partial charge in [-0.25, -0.2) is 13.2 Å². The number of hydrogen-bond acceptors (Lipinski definition) is 4. The Morgan fingerprint density at radius 1 is 1.17 bits per heavy atom. The normalized spacial score (nSPS) is 11.7. The van der Waals surface area contributed by atoms with Crippen LogP contribution < -0.4 is 9.62 Å². The molecule has 6 nitrogen and oxygen atoms in total. The second-order valence-electron chi connectivity index (χ2n) is 6.35. The molecule has 0 fully saturated rings. The maximum Gasteiger partial charge on any atom is 0.406 e. The Kier molecular flexibility index (Phi) is 7.08. The first-order valence-electron chi connectivity index (χ1n) is 8.01. The van der Waals surface area contributed by atoms with Gasteiger partial charge < -0.3 is 10.1 Å². The van der Waals surface area contributed by atoms with Gasteiger partial charge >= 0.3 is 6.09 Å². The average molecular weight is 356 g/mol. The Morgan fingerprint density at radius 3 is 2.04 bits per heavy atom. The fraction of sp³-hybridized carbons (Fsp3) is 0.588. The van der Waals surface area contributed by atoms with Gasteiger partial charge in [-0.15, -0.1) is 0 Å². The van der Waals surface area contributed by atoms with Crippen molar-refractivity contribution in [1.29, 1.82) is 0 Å². The van der Waals surface area contributed by atoms with Gasteiger partial charge in [-0.1, -0.05) is 45.9 Å². The number of alkyl carbamates (subject to hydrolysis) is 1. The first-order chi connectivity index (χ1) is 11.1. The molecular formula is C17H28N2O4S. The Hall–Kier alpha value is -1.76. The van der Waals surface area contributed by atoms with E-state index in [-0.39, 0.29) is 24.9 Å². The number of nitrogens with one attached hydrogen (secondary N) is 1. The third-order valence-corrected chi connectivity index (χ3v) is 4.93. The molecule has 0 aliphatic carbocycles. The second-order valence-corrected chi connectivity index (χ2v) is 8.25. The van der Waals surface area contributed by atoms with E-state index >= 15 is 0 Å². The summed E-state index contributed by atoms with van der Waals surface area (Å²) in [6.45, 7) is 8.47. The summed E-state index contributed by atoms with van der Waals surface area (Å²) in [6.07, 6.45) is 0.608. The molecule has 0 unspecified atom stereocenters. The van der Waals surface area contributed by atoms with Crippen LogP contribution in [0.2, 0.25) is 0 Å². The Morgan fingerprint density at radius 2 is 1.67 bits per heavy atom. The summed E-state index contributed by atoms with van der Waals surface area (Å²) in [6, 6.07) is 5.87. The van der Waals surface area contributed by atoms with Crippen LogP contribution in [-0.4, -0.2) is 41.0 Å². The first kappa shape index (κ1) is 20.3. The highest BCUT2D eigenvalue weighted by Crippen LogP contribution is 2.36. The summed E-state index contributed by atoms with van der Waals surface area (Å²) in [4.78, 5) is 11.2. The highest BCUT2D eigenvalue weighted by Gasteiger charge is 2.25. The lowest BCUT2D eigenvalue weighted by Crippen LogP contribution is -2.39. The van der Waals surface area contributed by atoms with Crippen molar-refractivity contribution in [1.82, 2.24) is 5.32 Å². The van der Waals surface area contributed by atoms with E-state index in [4.69, 9.17) is 0 Å². The molecule has 1 N–H and O–H groups in total. The summed E-state index contributed by atoms with van der Waals surface area (Å²) in [5.74, 6) is 0.355. The zero-order valence-electron chi connectivity index (χ0n) is 15.3. The minimum atomic E-state index is -3.49. The van der Waals surface area contributed by atoms with Gasteiger partial charge in [0.2, 0.25) is 10.0 Å². The number of carbonyl (C=O) groups excluding carboxylic acids is 1. The number of anilines is 1. The predicted octanol–water partition coefficient (Wildman–Crippen LogP) is 3.06. The smallest absolute Gasteiger partial charge is 0.406 e. The molecular weight excluding hydrogens is 328 g/mol. The van der Waals surface area contributed by atoms with E-state index in [1.165, 1.54) is 17.7 Å². The van der Waals surface area contributed by atoms with Gasteiger partial charge in [-0.05, 0) is 23.0 Å². The average Bonchev–Trinajstić information content (AvgIpc) is 2.49. The fourth-order valence-electron chi connectivity index (χ4n) is 2.57. The summed E-state index contributed by atoms with van der Waals surface area (Å²) in [5, 5.41) is 2.53. The van der Waals surface area contributed by atoms with Gasteiger partial charge in [0.15, 0.2) is 0 Å². The molecule has 0 bridgehead atoms. The van der Waals surface area contributed by atoms with E-state index in [1.54, 1.807) is 0 Å². The Bertz CT molecular complexity index is 643. The van der Waals surface area contributed by atoms with Crippen molar-refractivity contribution in [2.24, 2.45) is 0 Å². The first-order valence-corrected chi connectivity index (χ1v) is 9.86. The molecule has 1 aromatic rings. The standard InChI is InChI=1S/C17H28N2O4S/c1-12(2)14-8-7-9-15(13(3)4)16(14)19(24(6,21)22)11-10-18-17(20)23-5/h7-9,12-13H,10-11H2,1-6H3,(H,18,20). The maximum atomic E-state index is 12.4. The number of methoxy groups -OCH3 is 1. The molecule has 0 aromatic heterocycles. The molecule has 0 saturated carbocycles. The topological polar surface area (TPSA) is 75.7 Å². The van der Waals surface area contributed by atoms with Crippen LogP contribution in [0.4, 0.5) is 10.5 Å². The molecule has 0 heterocycles. The largest absolute Gasteiger partial charge is 0.453 e. The quantitative estimate of drug-likeness (QED) is 0.815. The molecule has 0 aliphatic heterocycles. The highest BCUT2D eigenvalue weighted by molar-refractivity contribution is 7.92. The fourth-order valence-corrected chi connectivity index (χ4v) is 3.54. The van der Waals surface area contributed by atoms with Crippen LogP contribution in [0, 0.1) is 0 Å². The van der Waals surface area contributed by atoms with E-state index < -0.39 is 16.1 Å². The van der Waals surface area contributed by atoms with Gasteiger partial charge in [0.25, 0.3) is 0 Å². The molecule has 1 rings (SSSR count). The monoisotopic (exact) mass is 356 g/mol. The molecule has 0 atom stereocenters. The molecule has 1 aromatic carbocycles. The van der Waals surface area contributed by atoms with Crippen LogP contribution in [0.3, 0.4) is 0 Å². The Balaban J connectivity index is 3.34. The van der Waals surface area contributed by atoms with E-state index in [1.807, 2.05) is 45.9 Å². The molecule has 0 spiro atoms. The number of para-hydroxylation sites is 1. The lowest BCUT2D eigenvalue weighted by atomic mass is 9.92. The SMILES string of the molecule is COC(=O)NCCN(c1c(C(C)C)cccc1C(C)C)S(C)(=O)=O. The molecule has 1 amide bonds. The number of sulfonamides is 1. The third kappa shape index (κ3) is 5.12. The van der Waals surface area contributed by atoms with Crippen molar-refractivity contribution in [3.63, 3.8) is 0 Å². The number of amides is 1. The number of ether oxygens (including phenoxy) is 1.